The van der Waals surface area contributed by atoms with Gasteiger partial charge < -0.3 is 9.57 Å². The van der Waals surface area contributed by atoms with Crippen LogP contribution in [0.2, 0.25) is 10.0 Å². The van der Waals surface area contributed by atoms with Gasteiger partial charge in [0, 0.05) is 22.0 Å². The van der Waals surface area contributed by atoms with Gasteiger partial charge in [-0.3, -0.25) is 10.1 Å². The van der Waals surface area contributed by atoms with E-state index in [1.165, 1.54) is 6.33 Å². The van der Waals surface area contributed by atoms with Crippen molar-refractivity contribution in [2.75, 3.05) is 12.4 Å². The summed E-state index contributed by atoms with van der Waals surface area (Å²) >= 11 is 12.1. The number of methoxy groups -OCH3 is 1. The molecule has 1 aromatic heterocycles. The molecule has 1 atom stereocenters. The first-order chi connectivity index (χ1) is 14.5. The first-order valence-corrected chi connectivity index (χ1v) is 9.79. The van der Waals surface area contributed by atoms with Gasteiger partial charge in [0.05, 0.1) is 19.4 Å². The topological polar surface area (TPSA) is 90.6 Å². The van der Waals surface area contributed by atoms with E-state index in [2.05, 4.69) is 20.6 Å². The van der Waals surface area contributed by atoms with Gasteiger partial charge in [-0.2, -0.15) is 0 Å². The smallest absolute Gasteiger partial charge is 0.271 e. The molecule has 4 rings (SSSR count). The van der Waals surface area contributed by atoms with Crippen molar-refractivity contribution in [2.45, 2.75) is 19.1 Å². The summed E-state index contributed by atoms with van der Waals surface area (Å²) in [5.74, 6) is 0.451. The molecular formula is C20H17Cl2N5O3. The van der Waals surface area contributed by atoms with Gasteiger partial charge in [0.15, 0.2) is 0 Å². The van der Waals surface area contributed by atoms with Crippen molar-refractivity contribution in [3.8, 4) is 5.75 Å². The minimum Gasteiger partial charge on any atom is -0.496 e. The van der Waals surface area contributed by atoms with Crippen LogP contribution in [0.5, 0.6) is 5.75 Å². The highest BCUT2D eigenvalue weighted by Crippen LogP contribution is 2.25. The number of benzene rings is 2. The van der Waals surface area contributed by atoms with E-state index in [0.29, 0.717) is 34.5 Å². The Morgan fingerprint density at radius 2 is 2.13 bits per heavy atom. The van der Waals surface area contributed by atoms with Crippen LogP contribution in [-0.4, -0.2) is 39.6 Å². The van der Waals surface area contributed by atoms with E-state index < -0.39 is 6.10 Å². The molecule has 2 heterocycles. The fourth-order valence-electron chi connectivity index (χ4n) is 3.00. The number of rotatable bonds is 6. The van der Waals surface area contributed by atoms with Gasteiger partial charge in [-0.25, -0.2) is 9.67 Å². The molecule has 1 amide bonds. The number of para-hydroxylation sites is 1. The Morgan fingerprint density at radius 3 is 2.93 bits per heavy atom. The second-order valence-corrected chi connectivity index (χ2v) is 7.37. The average Bonchev–Trinajstić information content (AvgIpc) is 3.40. The van der Waals surface area contributed by atoms with Crippen LogP contribution >= 0.6 is 23.2 Å². The Kier molecular flexibility index (Phi) is 5.87. The Bertz CT molecular complexity index is 1120. The zero-order valence-corrected chi connectivity index (χ0v) is 17.4. The molecule has 0 saturated carbocycles. The van der Waals surface area contributed by atoms with Gasteiger partial charge >= 0.3 is 0 Å². The Labute approximate surface area is 182 Å². The van der Waals surface area contributed by atoms with Gasteiger partial charge in [0.1, 0.15) is 12.1 Å². The van der Waals surface area contributed by atoms with Crippen molar-refractivity contribution in [2.24, 2.45) is 5.16 Å². The standard InChI is InChI=1S/C20H17Cl2N5O3/c1-29-17-5-3-2-4-14(17)16-9-18(30-26-16)19(28)24-20-23-11-27(25-20)10-12-6-7-13(21)8-15(12)22/h2-8,11,18H,9-10H2,1H3,(H,24,25,28)/t18-/m1/s1. The molecule has 3 aromatic rings. The molecule has 1 aliphatic rings. The van der Waals surface area contributed by atoms with Crippen molar-refractivity contribution >= 4 is 40.8 Å². The summed E-state index contributed by atoms with van der Waals surface area (Å²) in [4.78, 5) is 22.0. The van der Waals surface area contributed by atoms with Gasteiger partial charge in [-0.05, 0) is 29.8 Å². The number of aromatic nitrogens is 3. The maximum atomic E-state index is 12.5. The first-order valence-electron chi connectivity index (χ1n) is 9.04. The maximum Gasteiger partial charge on any atom is 0.271 e. The number of carbonyl (C=O) groups excluding carboxylic acids is 1. The monoisotopic (exact) mass is 445 g/mol. The molecule has 0 fully saturated rings. The minimum atomic E-state index is -0.775. The first kappa shape index (κ1) is 20.2. The normalized spacial score (nSPS) is 15.4. The summed E-state index contributed by atoms with van der Waals surface area (Å²) in [5.41, 5.74) is 2.26. The zero-order chi connectivity index (χ0) is 21.1. The minimum absolute atomic E-state index is 0.166. The summed E-state index contributed by atoms with van der Waals surface area (Å²) in [6, 6.07) is 12.7. The number of hydrogen-bond donors (Lipinski definition) is 1. The highest BCUT2D eigenvalue weighted by molar-refractivity contribution is 6.35. The number of nitrogens with one attached hydrogen (secondary N) is 1. The molecule has 1 aliphatic heterocycles. The summed E-state index contributed by atoms with van der Waals surface area (Å²) < 4.78 is 6.91. The van der Waals surface area contributed by atoms with Crippen LogP contribution in [0.15, 0.2) is 53.9 Å². The number of ether oxygens (including phenoxy) is 1. The fraction of sp³-hybridized carbons (Fsp3) is 0.200. The fourth-order valence-corrected chi connectivity index (χ4v) is 3.47. The number of anilines is 1. The van der Waals surface area contributed by atoms with Crippen molar-refractivity contribution in [1.82, 2.24) is 14.8 Å². The van der Waals surface area contributed by atoms with Crippen LogP contribution in [-0.2, 0) is 16.2 Å². The largest absolute Gasteiger partial charge is 0.496 e. The van der Waals surface area contributed by atoms with Crippen LogP contribution in [0.4, 0.5) is 5.95 Å². The van der Waals surface area contributed by atoms with Gasteiger partial charge in [0.2, 0.25) is 12.1 Å². The van der Waals surface area contributed by atoms with Crippen LogP contribution in [0, 0.1) is 0 Å². The molecule has 1 N–H and O–H groups in total. The SMILES string of the molecule is COc1ccccc1C1=NO[C@@H](C(=O)Nc2ncn(Cc3ccc(Cl)cc3Cl)n2)C1. The predicted octanol–water partition coefficient (Wildman–Crippen LogP) is 3.77. The number of oxime groups is 1. The average molecular weight is 446 g/mol. The van der Waals surface area contributed by atoms with E-state index in [4.69, 9.17) is 32.8 Å². The molecule has 0 unspecified atom stereocenters. The summed E-state index contributed by atoms with van der Waals surface area (Å²) in [5, 5.41) is 12.0. The van der Waals surface area contributed by atoms with Gasteiger partial charge in [-0.1, -0.05) is 46.6 Å². The number of halogens is 2. The lowest BCUT2D eigenvalue weighted by molar-refractivity contribution is -0.125. The molecule has 154 valence electrons. The van der Waals surface area contributed by atoms with E-state index in [-0.39, 0.29) is 11.9 Å². The Hall–Kier alpha value is -3.10. The maximum absolute atomic E-state index is 12.5. The molecule has 30 heavy (non-hydrogen) atoms. The van der Waals surface area contributed by atoms with Crippen LogP contribution in [0.25, 0.3) is 0 Å². The lowest BCUT2D eigenvalue weighted by Crippen LogP contribution is -2.28. The summed E-state index contributed by atoms with van der Waals surface area (Å²) in [7, 11) is 1.58. The highest BCUT2D eigenvalue weighted by Gasteiger charge is 2.30. The molecule has 0 saturated heterocycles. The molecular weight excluding hydrogens is 429 g/mol. The van der Waals surface area contributed by atoms with Crippen molar-refractivity contribution in [3.05, 3.63) is 70.0 Å². The van der Waals surface area contributed by atoms with E-state index in [0.717, 1.165) is 11.1 Å². The molecule has 10 heteroatoms. The molecule has 2 aromatic carbocycles. The second-order valence-electron chi connectivity index (χ2n) is 6.53. The van der Waals surface area contributed by atoms with E-state index in [9.17, 15) is 4.79 Å². The highest BCUT2D eigenvalue weighted by atomic mass is 35.5. The van der Waals surface area contributed by atoms with Crippen LogP contribution in [0.1, 0.15) is 17.5 Å². The van der Waals surface area contributed by atoms with Gasteiger partial charge in [-0.15, -0.1) is 5.10 Å². The van der Waals surface area contributed by atoms with E-state index in [1.54, 1.807) is 23.9 Å². The second kappa shape index (κ2) is 8.73. The third-order valence-electron chi connectivity index (χ3n) is 4.50. The van der Waals surface area contributed by atoms with Gasteiger partial charge in [0.25, 0.3) is 5.91 Å². The number of amides is 1. The molecule has 0 bridgehead atoms. The number of nitrogens with zero attached hydrogens (tertiary/aromatic N) is 4. The lowest BCUT2D eigenvalue weighted by Gasteiger charge is -2.08. The third-order valence-corrected chi connectivity index (χ3v) is 5.09. The Balaban J connectivity index is 1.37. The quantitative estimate of drug-likeness (QED) is 0.623. The van der Waals surface area contributed by atoms with Crippen molar-refractivity contribution < 1.29 is 14.4 Å². The summed E-state index contributed by atoms with van der Waals surface area (Å²) in [6.45, 7) is 0.389. The predicted molar refractivity (Wildman–Crippen MR) is 113 cm³/mol. The van der Waals surface area contributed by atoms with Crippen LogP contribution in [0.3, 0.4) is 0 Å². The lowest BCUT2D eigenvalue weighted by atomic mass is 10.0. The van der Waals surface area contributed by atoms with Crippen molar-refractivity contribution in [1.29, 1.82) is 0 Å². The zero-order valence-electron chi connectivity index (χ0n) is 15.9. The molecule has 0 spiro atoms. The number of hydrogen-bond acceptors (Lipinski definition) is 6. The van der Waals surface area contributed by atoms with E-state index >= 15 is 0 Å². The van der Waals surface area contributed by atoms with Crippen molar-refractivity contribution in [3.63, 3.8) is 0 Å². The Morgan fingerprint density at radius 1 is 1.30 bits per heavy atom. The molecule has 0 aliphatic carbocycles. The van der Waals surface area contributed by atoms with Crippen LogP contribution < -0.4 is 10.1 Å². The van der Waals surface area contributed by atoms with E-state index in [1.807, 2.05) is 30.3 Å². The third kappa shape index (κ3) is 4.39. The molecule has 0 radical (unpaired) electrons. The summed E-state index contributed by atoms with van der Waals surface area (Å²) in [6.07, 6.45) is 1.04. The molecule has 8 nitrogen and oxygen atoms in total. The number of carbonyl (C=O) groups is 1.